The van der Waals surface area contributed by atoms with E-state index in [1.165, 1.54) is 0 Å². The first kappa shape index (κ1) is 36.6. The molecular formula is C36H37BrF4N4O6. The molecule has 1 atom stereocenters. The van der Waals surface area contributed by atoms with Crippen LogP contribution in [0, 0.1) is 5.82 Å². The molecule has 2 aliphatic rings. The number of likely N-dealkylation sites (tertiary alicyclic amines) is 1. The van der Waals surface area contributed by atoms with E-state index in [9.17, 15) is 27.6 Å². The largest absolute Gasteiger partial charge is 0.453 e. The van der Waals surface area contributed by atoms with Gasteiger partial charge in [-0.25, -0.2) is 14.0 Å². The number of ether oxygens (including phenoxy) is 2. The number of furan rings is 1. The van der Waals surface area contributed by atoms with Gasteiger partial charge in [-0.15, -0.1) is 0 Å². The molecular weight excluding hydrogens is 740 g/mol. The molecule has 1 saturated heterocycles. The number of amides is 1. The Bertz CT molecular complexity index is 2030. The molecule has 272 valence electrons. The predicted molar refractivity (Wildman–Crippen MR) is 181 cm³/mol. The lowest BCUT2D eigenvalue weighted by Gasteiger charge is -2.38. The summed E-state index contributed by atoms with van der Waals surface area (Å²) in [4.78, 5) is 44.0. The Morgan fingerprint density at radius 3 is 2.31 bits per heavy atom. The molecule has 15 heteroatoms. The molecule has 2 aromatic carbocycles. The minimum Gasteiger partial charge on any atom is -0.453 e. The van der Waals surface area contributed by atoms with Crippen LogP contribution < -0.4 is 16.6 Å². The number of hydrogen-bond acceptors (Lipinski definition) is 7. The van der Waals surface area contributed by atoms with E-state index >= 15 is 4.39 Å². The Labute approximate surface area is 299 Å². The van der Waals surface area contributed by atoms with Gasteiger partial charge >= 0.3 is 18.0 Å². The van der Waals surface area contributed by atoms with Crippen molar-refractivity contribution in [2.24, 2.45) is 0 Å². The van der Waals surface area contributed by atoms with Crippen LogP contribution in [0.15, 0.2) is 79.3 Å². The number of rotatable bonds is 8. The number of nitrogens with one attached hydrogen (secondary N) is 1. The normalized spacial score (nSPS) is 16.6. The lowest BCUT2D eigenvalue weighted by molar-refractivity contribution is -0.138. The van der Waals surface area contributed by atoms with Crippen molar-refractivity contribution in [2.45, 2.75) is 83.3 Å². The molecule has 2 aromatic heterocycles. The molecule has 4 heterocycles. The van der Waals surface area contributed by atoms with Gasteiger partial charge in [0.25, 0.3) is 5.56 Å². The fourth-order valence-electron chi connectivity index (χ4n) is 6.77. The molecule has 4 aromatic rings. The van der Waals surface area contributed by atoms with Crippen molar-refractivity contribution in [3.05, 3.63) is 126 Å². The van der Waals surface area contributed by atoms with E-state index in [0.29, 0.717) is 42.7 Å². The van der Waals surface area contributed by atoms with E-state index in [1.807, 2.05) is 6.07 Å². The van der Waals surface area contributed by atoms with Crippen molar-refractivity contribution >= 4 is 22.0 Å². The third kappa shape index (κ3) is 7.85. The summed E-state index contributed by atoms with van der Waals surface area (Å²) in [7, 11) is 0. The molecule has 0 unspecified atom stereocenters. The fraction of sp³-hybridized carbons (Fsp3) is 0.417. The Morgan fingerprint density at radius 1 is 0.980 bits per heavy atom. The zero-order valence-corrected chi connectivity index (χ0v) is 29.8. The fourth-order valence-corrected chi connectivity index (χ4v) is 7.11. The van der Waals surface area contributed by atoms with Crippen LogP contribution in [0.3, 0.4) is 0 Å². The lowest BCUT2D eigenvalue weighted by atomic mass is 9.85. The molecule has 51 heavy (non-hydrogen) atoms. The molecule has 0 radical (unpaired) electrons. The highest BCUT2D eigenvalue weighted by atomic mass is 79.9. The van der Waals surface area contributed by atoms with Gasteiger partial charge in [0.1, 0.15) is 22.8 Å². The van der Waals surface area contributed by atoms with Crippen molar-refractivity contribution < 1.29 is 36.2 Å². The van der Waals surface area contributed by atoms with Gasteiger partial charge in [0, 0.05) is 18.7 Å². The summed E-state index contributed by atoms with van der Waals surface area (Å²) in [6.07, 6.45) is -5.05. The number of piperidine rings is 1. The molecule has 1 amide bonds. The van der Waals surface area contributed by atoms with Gasteiger partial charge in [-0.1, -0.05) is 36.4 Å². The second kappa shape index (κ2) is 14.1. The standard InChI is InChI=1S/C36H37BrF4N4O6/c1-34(2,3)51-32(47)42-27(22-8-5-4-6-9-22)20-45-31(46)30-28(44(33(45)48)19-24-25(36(39,40)41)10-7-11-26(24)38)21-49-35(30)14-16-43(17-15-35)18-23-12-13-29(37)50-23/h4-13,27H,14-21H2,1-3H3,(H,42,47)/t27-/m0/s1. The van der Waals surface area contributed by atoms with Crippen molar-refractivity contribution in [1.82, 2.24) is 19.4 Å². The minimum absolute atomic E-state index is 0.0948. The van der Waals surface area contributed by atoms with Gasteiger partial charge in [0.05, 0.1) is 49.1 Å². The summed E-state index contributed by atoms with van der Waals surface area (Å²) in [5, 5.41) is 2.74. The summed E-state index contributed by atoms with van der Waals surface area (Å²) in [5.74, 6) is -0.417. The maximum Gasteiger partial charge on any atom is 0.416 e. The SMILES string of the molecule is CC(C)(C)OC(=O)N[C@@H](Cn1c(=O)c2c(n(Cc3c(F)cccc3C(F)(F)F)c1=O)COC21CCN(Cc2ccc(Br)o2)CC1)c1ccccc1. The lowest BCUT2D eigenvalue weighted by Crippen LogP contribution is -2.50. The zero-order valence-electron chi connectivity index (χ0n) is 28.2. The smallest absolute Gasteiger partial charge is 0.416 e. The topological polar surface area (TPSA) is 108 Å². The Hall–Kier alpha value is -4.21. The van der Waals surface area contributed by atoms with Crippen molar-refractivity contribution in [3.63, 3.8) is 0 Å². The Balaban J connectivity index is 1.45. The van der Waals surface area contributed by atoms with E-state index in [4.69, 9.17) is 13.9 Å². The van der Waals surface area contributed by atoms with Gasteiger partial charge in [-0.05, 0) is 79.4 Å². The minimum atomic E-state index is -4.91. The van der Waals surface area contributed by atoms with E-state index in [0.717, 1.165) is 33.1 Å². The number of fused-ring (bicyclic) bond motifs is 2. The molecule has 0 bridgehead atoms. The number of carbonyl (C=O) groups excluding carboxylic acids is 1. The number of halogens is 5. The number of carbonyl (C=O) groups is 1. The van der Waals surface area contributed by atoms with Gasteiger partial charge < -0.3 is 19.2 Å². The van der Waals surface area contributed by atoms with Gasteiger partial charge in [0.2, 0.25) is 0 Å². The van der Waals surface area contributed by atoms with E-state index < -0.39 is 70.8 Å². The molecule has 0 saturated carbocycles. The zero-order chi connectivity index (χ0) is 36.7. The van der Waals surface area contributed by atoms with E-state index in [1.54, 1.807) is 57.2 Å². The summed E-state index contributed by atoms with van der Waals surface area (Å²) in [6, 6.07) is 13.9. The van der Waals surface area contributed by atoms with Crippen molar-refractivity contribution in [1.29, 1.82) is 0 Å². The van der Waals surface area contributed by atoms with Crippen LogP contribution in [0.2, 0.25) is 0 Å². The average molecular weight is 778 g/mol. The maximum absolute atomic E-state index is 15.2. The summed E-state index contributed by atoms with van der Waals surface area (Å²) in [6.45, 7) is 5.08. The number of alkyl carbamates (subject to hydrolysis) is 1. The highest BCUT2D eigenvalue weighted by molar-refractivity contribution is 9.10. The van der Waals surface area contributed by atoms with E-state index in [-0.39, 0.29) is 17.9 Å². The number of hydrogen-bond donors (Lipinski definition) is 1. The number of benzene rings is 2. The van der Waals surface area contributed by atoms with Crippen LogP contribution in [0.5, 0.6) is 0 Å². The van der Waals surface area contributed by atoms with Gasteiger partial charge in [0.15, 0.2) is 4.67 Å². The summed E-state index contributed by atoms with van der Waals surface area (Å²) >= 11 is 3.31. The highest BCUT2D eigenvalue weighted by Crippen LogP contribution is 2.43. The predicted octanol–water partition coefficient (Wildman–Crippen LogP) is 6.86. The van der Waals surface area contributed by atoms with Crippen LogP contribution in [-0.4, -0.2) is 38.8 Å². The Morgan fingerprint density at radius 2 is 1.69 bits per heavy atom. The van der Waals surface area contributed by atoms with Crippen LogP contribution >= 0.6 is 15.9 Å². The average Bonchev–Trinajstić information content (AvgIpc) is 3.64. The summed E-state index contributed by atoms with van der Waals surface area (Å²) < 4.78 is 77.5. The molecule has 10 nitrogen and oxygen atoms in total. The Kier molecular flexibility index (Phi) is 10.1. The number of aromatic nitrogens is 2. The molecule has 2 aliphatic heterocycles. The second-order valence-corrected chi connectivity index (χ2v) is 14.5. The van der Waals surface area contributed by atoms with Crippen molar-refractivity contribution in [2.75, 3.05) is 13.1 Å². The molecule has 1 fully saturated rings. The molecule has 6 rings (SSSR count). The third-order valence-electron chi connectivity index (χ3n) is 9.15. The van der Waals surface area contributed by atoms with Crippen molar-refractivity contribution in [3.8, 4) is 0 Å². The van der Waals surface area contributed by atoms with Crippen LogP contribution in [0.1, 0.15) is 73.4 Å². The first-order valence-electron chi connectivity index (χ1n) is 16.4. The molecule has 1 N–H and O–H groups in total. The number of nitrogens with zero attached hydrogens (tertiary/aromatic N) is 3. The highest BCUT2D eigenvalue weighted by Gasteiger charge is 2.47. The van der Waals surface area contributed by atoms with E-state index in [2.05, 4.69) is 26.1 Å². The third-order valence-corrected chi connectivity index (χ3v) is 9.57. The number of alkyl halides is 3. The van der Waals surface area contributed by atoms with Gasteiger partial charge in [-0.2, -0.15) is 13.2 Å². The monoisotopic (exact) mass is 776 g/mol. The molecule has 1 spiro atoms. The quantitative estimate of drug-likeness (QED) is 0.195. The summed E-state index contributed by atoms with van der Waals surface area (Å²) in [5.41, 5.74) is -4.88. The second-order valence-electron chi connectivity index (χ2n) is 13.7. The maximum atomic E-state index is 15.2. The van der Waals surface area contributed by atoms with Gasteiger partial charge in [-0.3, -0.25) is 18.8 Å². The molecule has 0 aliphatic carbocycles. The van der Waals surface area contributed by atoms with Crippen LogP contribution in [0.4, 0.5) is 22.4 Å². The first-order chi connectivity index (χ1) is 24.0. The van der Waals surface area contributed by atoms with Crippen LogP contribution in [0.25, 0.3) is 0 Å². The van der Waals surface area contributed by atoms with Crippen LogP contribution in [-0.2, 0) is 47.5 Å². The first-order valence-corrected chi connectivity index (χ1v) is 17.2.